The average molecular weight is 492 g/mol. The third-order valence-corrected chi connectivity index (χ3v) is 5.89. The number of Topliss-reactive ketones (excluding diaryl/α,β-unsaturated/α-hetero) is 1. The van der Waals surface area contributed by atoms with E-state index in [1.165, 1.54) is 11.2 Å². The van der Waals surface area contributed by atoms with Crippen molar-refractivity contribution >= 4 is 23.3 Å². The molecular weight excluding hydrogens is 462 g/mol. The standard InChI is InChI=1S/C27H29N3O6/c1-16(2)11-28-27(33)20-13-36-25(29-20)12-30-21-10-19(8-9-24(21)35-15-26(30)32)22(31)14-34-23-7-5-6-17(3)18(23)4/h5-10,13,16H,11-12,14-15H2,1-4H3,(H,28,33). The van der Waals surface area contributed by atoms with E-state index in [4.69, 9.17) is 13.9 Å². The molecule has 3 aromatic rings. The Balaban J connectivity index is 1.49. The van der Waals surface area contributed by atoms with Crippen LogP contribution in [0, 0.1) is 19.8 Å². The fourth-order valence-electron chi connectivity index (χ4n) is 3.67. The molecule has 0 spiro atoms. The summed E-state index contributed by atoms with van der Waals surface area (Å²) in [6, 6.07) is 10.6. The number of hydrogen-bond acceptors (Lipinski definition) is 7. The third kappa shape index (κ3) is 5.56. The number of oxazole rings is 1. The molecule has 0 radical (unpaired) electrons. The summed E-state index contributed by atoms with van der Waals surface area (Å²) in [5, 5.41) is 2.78. The molecule has 1 N–H and O–H groups in total. The number of benzene rings is 2. The zero-order valence-corrected chi connectivity index (χ0v) is 20.8. The Kier molecular flexibility index (Phi) is 7.38. The summed E-state index contributed by atoms with van der Waals surface area (Å²) >= 11 is 0. The van der Waals surface area contributed by atoms with Gasteiger partial charge in [-0.3, -0.25) is 19.3 Å². The summed E-state index contributed by atoms with van der Waals surface area (Å²) in [6.07, 6.45) is 1.27. The van der Waals surface area contributed by atoms with Crippen molar-refractivity contribution in [2.75, 3.05) is 24.7 Å². The summed E-state index contributed by atoms with van der Waals surface area (Å²) in [6.45, 7) is 8.11. The lowest BCUT2D eigenvalue weighted by molar-refractivity contribution is -0.121. The van der Waals surface area contributed by atoms with Crippen LogP contribution in [0.2, 0.25) is 0 Å². The van der Waals surface area contributed by atoms with E-state index in [1.807, 2.05) is 45.9 Å². The highest BCUT2D eigenvalue weighted by molar-refractivity contribution is 6.02. The number of carbonyl (C=O) groups excluding carboxylic acids is 3. The molecule has 36 heavy (non-hydrogen) atoms. The van der Waals surface area contributed by atoms with E-state index >= 15 is 0 Å². The number of nitrogens with one attached hydrogen (secondary N) is 1. The van der Waals surface area contributed by atoms with Crippen LogP contribution in [-0.2, 0) is 11.3 Å². The van der Waals surface area contributed by atoms with Crippen molar-refractivity contribution in [2.24, 2.45) is 5.92 Å². The molecule has 9 heteroatoms. The van der Waals surface area contributed by atoms with Crippen LogP contribution in [0.25, 0.3) is 0 Å². The summed E-state index contributed by atoms with van der Waals surface area (Å²) in [7, 11) is 0. The number of nitrogens with zero attached hydrogens (tertiary/aromatic N) is 2. The fraction of sp³-hybridized carbons (Fsp3) is 0.333. The molecule has 9 nitrogen and oxygen atoms in total. The highest BCUT2D eigenvalue weighted by Crippen LogP contribution is 2.34. The lowest BCUT2D eigenvalue weighted by atomic mass is 10.1. The first-order valence-electron chi connectivity index (χ1n) is 11.7. The van der Waals surface area contributed by atoms with Gasteiger partial charge in [0.2, 0.25) is 5.89 Å². The van der Waals surface area contributed by atoms with Gasteiger partial charge in [-0.15, -0.1) is 0 Å². The van der Waals surface area contributed by atoms with Crippen LogP contribution < -0.4 is 19.7 Å². The van der Waals surface area contributed by atoms with E-state index in [2.05, 4.69) is 10.3 Å². The molecule has 0 atom stereocenters. The fourth-order valence-corrected chi connectivity index (χ4v) is 3.67. The normalized spacial score (nSPS) is 12.8. The molecule has 2 amide bonds. The second-order valence-electron chi connectivity index (χ2n) is 9.09. The maximum atomic E-state index is 12.9. The number of fused-ring (bicyclic) bond motifs is 1. The predicted octanol–water partition coefficient (Wildman–Crippen LogP) is 3.86. The van der Waals surface area contributed by atoms with Gasteiger partial charge in [0.15, 0.2) is 24.7 Å². The van der Waals surface area contributed by atoms with Crippen LogP contribution in [0.5, 0.6) is 11.5 Å². The van der Waals surface area contributed by atoms with Gasteiger partial charge in [0.1, 0.15) is 24.3 Å². The zero-order chi connectivity index (χ0) is 25.8. The Morgan fingerprint density at radius 3 is 2.78 bits per heavy atom. The van der Waals surface area contributed by atoms with Crippen LogP contribution in [-0.4, -0.2) is 42.3 Å². The number of aryl methyl sites for hydroxylation is 1. The minimum atomic E-state index is -0.343. The largest absolute Gasteiger partial charge is 0.485 e. The van der Waals surface area contributed by atoms with Crippen molar-refractivity contribution in [3.8, 4) is 11.5 Å². The minimum Gasteiger partial charge on any atom is -0.485 e. The van der Waals surface area contributed by atoms with Gasteiger partial charge in [-0.25, -0.2) is 4.98 Å². The predicted molar refractivity (Wildman–Crippen MR) is 133 cm³/mol. The Bertz CT molecular complexity index is 1300. The molecule has 0 unspecified atom stereocenters. The molecule has 0 aliphatic carbocycles. The van der Waals surface area contributed by atoms with Crippen LogP contribution in [0.4, 0.5) is 5.69 Å². The quantitative estimate of drug-likeness (QED) is 0.453. The Morgan fingerprint density at radius 1 is 1.19 bits per heavy atom. The van der Waals surface area contributed by atoms with Gasteiger partial charge in [-0.05, 0) is 55.2 Å². The van der Waals surface area contributed by atoms with Crippen molar-refractivity contribution in [3.05, 3.63) is 70.9 Å². The number of carbonyl (C=O) groups is 3. The lowest BCUT2D eigenvalue weighted by Gasteiger charge is -2.28. The average Bonchev–Trinajstić information content (AvgIpc) is 3.33. The van der Waals surface area contributed by atoms with E-state index in [0.717, 1.165) is 11.1 Å². The number of aromatic nitrogens is 1. The first kappa shape index (κ1) is 25.0. The van der Waals surface area contributed by atoms with Crippen molar-refractivity contribution in [1.82, 2.24) is 10.3 Å². The zero-order valence-electron chi connectivity index (χ0n) is 20.8. The molecule has 0 fully saturated rings. The highest BCUT2D eigenvalue weighted by Gasteiger charge is 2.28. The summed E-state index contributed by atoms with van der Waals surface area (Å²) in [5.41, 5.74) is 2.99. The SMILES string of the molecule is Cc1cccc(OCC(=O)c2ccc3c(c2)N(Cc2nc(C(=O)NCC(C)C)co2)C(=O)CO3)c1C. The summed E-state index contributed by atoms with van der Waals surface area (Å²) in [4.78, 5) is 43.5. The summed E-state index contributed by atoms with van der Waals surface area (Å²) < 4.78 is 16.8. The second-order valence-corrected chi connectivity index (χ2v) is 9.09. The number of rotatable bonds is 9. The molecular formula is C27H29N3O6. The van der Waals surface area contributed by atoms with E-state index in [0.29, 0.717) is 35.2 Å². The van der Waals surface area contributed by atoms with Gasteiger partial charge in [0.25, 0.3) is 11.8 Å². The van der Waals surface area contributed by atoms with E-state index < -0.39 is 0 Å². The van der Waals surface area contributed by atoms with Crippen molar-refractivity contribution < 1.29 is 28.3 Å². The summed E-state index contributed by atoms with van der Waals surface area (Å²) in [5.74, 6) is 0.706. The van der Waals surface area contributed by atoms with E-state index in [9.17, 15) is 14.4 Å². The Labute approximate surface area is 209 Å². The van der Waals surface area contributed by atoms with Gasteiger partial charge in [0.05, 0.1) is 5.69 Å². The molecule has 1 aliphatic heterocycles. The van der Waals surface area contributed by atoms with Gasteiger partial charge < -0.3 is 19.2 Å². The molecule has 0 bridgehead atoms. The van der Waals surface area contributed by atoms with E-state index in [-0.39, 0.29) is 48.9 Å². The lowest BCUT2D eigenvalue weighted by Crippen LogP contribution is -2.38. The number of amides is 2. The van der Waals surface area contributed by atoms with Crippen LogP contribution in [0.3, 0.4) is 0 Å². The maximum absolute atomic E-state index is 12.9. The highest BCUT2D eigenvalue weighted by atomic mass is 16.5. The molecule has 4 rings (SSSR count). The maximum Gasteiger partial charge on any atom is 0.273 e. The minimum absolute atomic E-state index is 0.0106. The molecule has 188 valence electrons. The molecule has 0 saturated carbocycles. The smallest absolute Gasteiger partial charge is 0.273 e. The Hall–Kier alpha value is -4.14. The van der Waals surface area contributed by atoms with Gasteiger partial charge in [-0.1, -0.05) is 26.0 Å². The van der Waals surface area contributed by atoms with Crippen LogP contribution >= 0.6 is 0 Å². The van der Waals surface area contributed by atoms with Gasteiger partial charge in [0, 0.05) is 12.1 Å². The molecule has 2 aromatic carbocycles. The number of hydrogen-bond donors (Lipinski definition) is 1. The first-order valence-corrected chi connectivity index (χ1v) is 11.7. The van der Waals surface area contributed by atoms with Crippen molar-refractivity contribution in [1.29, 1.82) is 0 Å². The van der Waals surface area contributed by atoms with Crippen molar-refractivity contribution in [2.45, 2.75) is 34.2 Å². The number of ketones is 1. The van der Waals surface area contributed by atoms with Gasteiger partial charge >= 0.3 is 0 Å². The van der Waals surface area contributed by atoms with Crippen LogP contribution in [0.15, 0.2) is 47.1 Å². The molecule has 2 heterocycles. The first-order chi connectivity index (χ1) is 17.2. The monoisotopic (exact) mass is 491 g/mol. The topological polar surface area (TPSA) is 111 Å². The third-order valence-electron chi connectivity index (χ3n) is 5.89. The number of anilines is 1. The van der Waals surface area contributed by atoms with Crippen molar-refractivity contribution in [3.63, 3.8) is 0 Å². The second kappa shape index (κ2) is 10.6. The number of ether oxygens (including phenoxy) is 2. The molecule has 1 aliphatic rings. The van der Waals surface area contributed by atoms with Gasteiger partial charge in [-0.2, -0.15) is 0 Å². The van der Waals surface area contributed by atoms with Crippen LogP contribution in [0.1, 0.15) is 51.7 Å². The molecule has 1 aromatic heterocycles. The van der Waals surface area contributed by atoms with E-state index in [1.54, 1.807) is 18.2 Å². The molecule has 0 saturated heterocycles. The Morgan fingerprint density at radius 2 is 2.00 bits per heavy atom.